The van der Waals surface area contributed by atoms with Crippen molar-refractivity contribution in [2.75, 3.05) is 32.6 Å². The van der Waals surface area contributed by atoms with Gasteiger partial charge in [-0.25, -0.2) is 0 Å². The van der Waals surface area contributed by atoms with Crippen molar-refractivity contribution < 1.29 is 27.2 Å². The van der Waals surface area contributed by atoms with Crippen LogP contribution in [-0.2, 0) is 27.2 Å². The summed E-state index contributed by atoms with van der Waals surface area (Å²) in [4.78, 5) is 4.06. The maximum Gasteiger partial charge on any atom is 0.338 e. The van der Waals surface area contributed by atoms with Crippen LogP contribution in [0.15, 0.2) is 24.5 Å². The summed E-state index contributed by atoms with van der Waals surface area (Å²) in [7, 11) is -7.01. The van der Waals surface area contributed by atoms with Gasteiger partial charge in [-0.3, -0.25) is 14.1 Å². The zero-order valence-corrected chi connectivity index (χ0v) is 16.5. The molecule has 1 aromatic heterocycles. The van der Waals surface area contributed by atoms with Gasteiger partial charge in [0.15, 0.2) is 0 Å². The summed E-state index contributed by atoms with van der Waals surface area (Å²) >= 11 is 0. The van der Waals surface area contributed by atoms with Gasteiger partial charge in [0.05, 0.1) is 38.2 Å². The zero-order chi connectivity index (χ0) is 18.1. The van der Waals surface area contributed by atoms with Crippen LogP contribution < -0.4 is 0 Å². The van der Waals surface area contributed by atoms with E-state index in [-0.39, 0.29) is 32.6 Å². The minimum absolute atomic E-state index is 0.0996. The second kappa shape index (κ2) is 10.4. The van der Waals surface area contributed by atoms with E-state index in [0.29, 0.717) is 5.56 Å². The molecule has 0 spiro atoms. The third-order valence-electron chi connectivity index (χ3n) is 3.12. The fourth-order valence-electron chi connectivity index (χ4n) is 2.29. The average molecular weight is 379 g/mol. The normalized spacial score (nSPS) is 13.8. The summed E-state index contributed by atoms with van der Waals surface area (Å²) in [6.45, 7) is 7.80. The third-order valence-corrected chi connectivity index (χ3v) is 8.00. The van der Waals surface area contributed by atoms with Crippen molar-refractivity contribution in [3.8, 4) is 0 Å². The van der Waals surface area contributed by atoms with Crippen molar-refractivity contribution in [1.82, 2.24) is 4.98 Å². The van der Waals surface area contributed by atoms with E-state index < -0.39 is 20.9 Å². The van der Waals surface area contributed by atoms with Gasteiger partial charge in [0.25, 0.3) is 0 Å². The highest BCUT2D eigenvalue weighted by Crippen LogP contribution is 2.66. The Morgan fingerprint density at radius 1 is 0.958 bits per heavy atom. The second-order valence-electron chi connectivity index (χ2n) is 4.81. The van der Waals surface area contributed by atoms with Gasteiger partial charge in [-0.2, -0.15) is 0 Å². The standard InChI is InChI=1S/C15H27NO6P2/c1-5-19-23(17,20-6-2)13-15(14-10-9-11-16-12-14)24(18,21-7-3)22-8-4/h9-12,15H,5-8,13H2,1-4H3. The molecule has 7 nitrogen and oxygen atoms in total. The third kappa shape index (κ3) is 6.07. The summed E-state index contributed by atoms with van der Waals surface area (Å²) in [5.74, 6) is 0. The lowest BCUT2D eigenvalue weighted by molar-refractivity contribution is 0.203. The molecule has 1 rings (SSSR count). The smallest absolute Gasteiger partial charge is 0.309 e. The topological polar surface area (TPSA) is 84.0 Å². The molecule has 0 bridgehead atoms. The fourth-order valence-corrected chi connectivity index (χ4v) is 7.06. The lowest BCUT2D eigenvalue weighted by Gasteiger charge is -2.29. The van der Waals surface area contributed by atoms with Crippen LogP contribution in [-0.4, -0.2) is 37.6 Å². The van der Waals surface area contributed by atoms with Gasteiger partial charge in [-0.05, 0) is 39.3 Å². The molecule has 0 aliphatic rings. The molecule has 0 saturated carbocycles. The molecule has 0 saturated heterocycles. The lowest BCUT2D eigenvalue weighted by atomic mass is 10.2. The molecule has 9 heteroatoms. The molecule has 138 valence electrons. The van der Waals surface area contributed by atoms with Gasteiger partial charge in [-0.1, -0.05) is 6.07 Å². The van der Waals surface area contributed by atoms with Crippen molar-refractivity contribution in [2.45, 2.75) is 33.4 Å². The Hall–Kier alpha value is -0.550. The summed E-state index contributed by atoms with van der Waals surface area (Å²) in [5.41, 5.74) is -0.169. The maximum absolute atomic E-state index is 13.3. The first-order chi connectivity index (χ1) is 11.4. The molecule has 24 heavy (non-hydrogen) atoms. The molecular weight excluding hydrogens is 352 g/mol. The minimum atomic E-state index is -3.57. The van der Waals surface area contributed by atoms with Crippen LogP contribution in [0.25, 0.3) is 0 Å². The van der Waals surface area contributed by atoms with Gasteiger partial charge in [-0.15, -0.1) is 0 Å². The van der Waals surface area contributed by atoms with E-state index in [9.17, 15) is 9.13 Å². The molecule has 0 radical (unpaired) electrons. The number of rotatable bonds is 12. The quantitative estimate of drug-likeness (QED) is 0.489. The van der Waals surface area contributed by atoms with Gasteiger partial charge in [0.1, 0.15) is 0 Å². The van der Waals surface area contributed by atoms with E-state index in [1.165, 1.54) is 0 Å². The average Bonchev–Trinajstić information content (AvgIpc) is 2.54. The van der Waals surface area contributed by atoms with Crippen molar-refractivity contribution in [3.05, 3.63) is 30.1 Å². The van der Waals surface area contributed by atoms with Crippen molar-refractivity contribution in [1.29, 1.82) is 0 Å². The number of nitrogens with zero attached hydrogens (tertiary/aromatic N) is 1. The summed E-state index contributed by atoms with van der Waals surface area (Å²) in [6.07, 6.45) is 3.08. The van der Waals surface area contributed by atoms with Crippen LogP contribution in [0, 0.1) is 0 Å². The van der Waals surface area contributed by atoms with Crippen molar-refractivity contribution in [3.63, 3.8) is 0 Å². The summed E-state index contributed by atoms with van der Waals surface area (Å²) < 4.78 is 47.9. The van der Waals surface area contributed by atoms with Crippen LogP contribution >= 0.6 is 15.2 Å². The van der Waals surface area contributed by atoms with E-state index in [1.54, 1.807) is 52.2 Å². The fraction of sp³-hybridized carbons (Fsp3) is 0.667. The van der Waals surface area contributed by atoms with Gasteiger partial charge < -0.3 is 18.1 Å². The van der Waals surface area contributed by atoms with E-state index in [2.05, 4.69) is 4.98 Å². The number of pyridine rings is 1. The van der Waals surface area contributed by atoms with Crippen LogP contribution in [0.3, 0.4) is 0 Å². The Morgan fingerprint density at radius 2 is 1.50 bits per heavy atom. The largest absolute Gasteiger partial charge is 0.338 e. The van der Waals surface area contributed by atoms with Crippen molar-refractivity contribution >= 4 is 15.2 Å². The monoisotopic (exact) mass is 379 g/mol. The van der Waals surface area contributed by atoms with Crippen LogP contribution in [0.1, 0.15) is 38.9 Å². The Labute approximate surface area is 144 Å². The molecule has 0 fully saturated rings. The Morgan fingerprint density at radius 3 is 1.92 bits per heavy atom. The van der Waals surface area contributed by atoms with Crippen molar-refractivity contribution in [2.24, 2.45) is 0 Å². The first kappa shape index (κ1) is 21.5. The highest BCUT2D eigenvalue weighted by atomic mass is 31.2. The van der Waals surface area contributed by atoms with Gasteiger partial charge >= 0.3 is 15.2 Å². The molecule has 0 aliphatic heterocycles. The molecule has 1 unspecified atom stereocenters. The van der Waals surface area contributed by atoms with Crippen LogP contribution in [0.2, 0.25) is 0 Å². The Kier molecular flexibility index (Phi) is 9.35. The zero-order valence-electron chi connectivity index (χ0n) is 14.7. The van der Waals surface area contributed by atoms with Gasteiger partial charge in [0.2, 0.25) is 0 Å². The summed E-state index contributed by atoms with van der Waals surface area (Å²) in [6, 6.07) is 3.47. The summed E-state index contributed by atoms with van der Waals surface area (Å²) in [5, 5.41) is 0. The molecule has 0 aromatic carbocycles. The van der Waals surface area contributed by atoms with E-state index >= 15 is 0 Å². The van der Waals surface area contributed by atoms with E-state index in [1.807, 2.05) is 0 Å². The maximum atomic E-state index is 13.3. The molecule has 1 aromatic rings. The molecule has 1 heterocycles. The van der Waals surface area contributed by atoms with E-state index in [4.69, 9.17) is 18.1 Å². The second-order valence-corrected chi connectivity index (χ2v) is 9.13. The van der Waals surface area contributed by atoms with Crippen LogP contribution in [0.4, 0.5) is 0 Å². The molecule has 0 N–H and O–H groups in total. The highest BCUT2D eigenvalue weighted by Gasteiger charge is 2.43. The Bertz CT molecular complexity index is 548. The van der Waals surface area contributed by atoms with Crippen LogP contribution in [0.5, 0.6) is 0 Å². The Balaban J connectivity index is 3.27. The molecule has 0 amide bonds. The van der Waals surface area contributed by atoms with E-state index in [0.717, 1.165) is 0 Å². The first-order valence-corrected chi connectivity index (χ1v) is 11.5. The SMILES string of the molecule is CCOP(=O)(CC(c1cccnc1)P(=O)(OCC)OCC)OCC. The predicted molar refractivity (Wildman–Crippen MR) is 93.6 cm³/mol. The first-order valence-electron chi connectivity index (χ1n) is 8.11. The molecule has 0 aliphatic carbocycles. The predicted octanol–water partition coefficient (Wildman–Crippen LogP) is 4.65. The molecular formula is C15H27NO6P2. The van der Waals surface area contributed by atoms with Gasteiger partial charge in [0, 0.05) is 12.4 Å². The number of aromatic nitrogens is 1. The lowest BCUT2D eigenvalue weighted by Crippen LogP contribution is -2.14. The minimum Gasteiger partial charge on any atom is -0.309 e. The number of hydrogen-bond acceptors (Lipinski definition) is 7. The number of hydrogen-bond donors (Lipinski definition) is 0. The molecule has 1 atom stereocenters. The highest BCUT2D eigenvalue weighted by molar-refractivity contribution is 7.58.